The van der Waals surface area contributed by atoms with Gasteiger partial charge in [0.25, 0.3) is 0 Å². The summed E-state index contributed by atoms with van der Waals surface area (Å²) in [6, 6.07) is 4.20. The van der Waals surface area contributed by atoms with Gasteiger partial charge in [0.1, 0.15) is 11.8 Å². The zero-order chi connectivity index (χ0) is 14.0. The van der Waals surface area contributed by atoms with Crippen LogP contribution >= 0.6 is 0 Å². The molecule has 2 atom stereocenters. The molecule has 19 heavy (non-hydrogen) atoms. The third-order valence-corrected chi connectivity index (χ3v) is 3.12. The molecule has 1 unspecified atom stereocenters. The maximum atomic E-state index is 11.4. The number of carboxylic acid groups (broad SMARTS) is 1. The van der Waals surface area contributed by atoms with Gasteiger partial charge in [-0.3, -0.25) is 4.79 Å². The highest BCUT2D eigenvalue weighted by atomic mass is 16.5. The molecule has 0 spiro atoms. The SMILES string of the molecule is COC(=O)C(N)c1ccc2c(c1)CC[C@@H](C(=O)O)O2. The number of rotatable bonds is 3. The van der Waals surface area contributed by atoms with Gasteiger partial charge in [0.05, 0.1) is 7.11 Å². The van der Waals surface area contributed by atoms with Crippen molar-refractivity contribution in [3.63, 3.8) is 0 Å². The minimum absolute atomic E-state index is 0.402. The van der Waals surface area contributed by atoms with Crippen molar-refractivity contribution in [3.8, 4) is 5.75 Å². The van der Waals surface area contributed by atoms with Crippen molar-refractivity contribution in [3.05, 3.63) is 29.3 Å². The minimum atomic E-state index is -0.971. The molecule has 0 fully saturated rings. The Morgan fingerprint density at radius 2 is 2.26 bits per heavy atom. The highest BCUT2D eigenvalue weighted by Crippen LogP contribution is 2.30. The molecule has 102 valence electrons. The van der Waals surface area contributed by atoms with Gasteiger partial charge in [-0.2, -0.15) is 0 Å². The van der Waals surface area contributed by atoms with Gasteiger partial charge in [-0.05, 0) is 36.1 Å². The average Bonchev–Trinajstić information content (AvgIpc) is 2.44. The van der Waals surface area contributed by atoms with Crippen LogP contribution in [0, 0.1) is 0 Å². The summed E-state index contributed by atoms with van der Waals surface area (Å²) in [4.78, 5) is 22.2. The van der Waals surface area contributed by atoms with Crippen molar-refractivity contribution in [1.82, 2.24) is 0 Å². The molecular formula is C13H15NO5. The van der Waals surface area contributed by atoms with E-state index in [0.717, 1.165) is 5.56 Å². The quantitative estimate of drug-likeness (QED) is 0.778. The Labute approximate surface area is 110 Å². The lowest BCUT2D eigenvalue weighted by molar-refractivity contribution is -0.145. The first-order valence-electron chi connectivity index (χ1n) is 5.88. The third kappa shape index (κ3) is 2.68. The summed E-state index contributed by atoms with van der Waals surface area (Å²) in [6.07, 6.45) is 0.167. The summed E-state index contributed by atoms with van der Waals surface area (Å²) >= 11 is 0. The van der Waals surface area contributed by atoms with Crippen LogP contribution in [0.1, 0.15) is 23.6 Å². The Balaban J connectivity index is 2.22. The van der Waals surface area contributed by atoms with Crippen LogP contribution < -0.4 is 10.5 Å². The molecule has 1 aliphatic rings. The van der Waals surface area contributed by atoms with Crippen LogP contribution in [-0.4, -0.2) is 30.3 Å². The second kappa shape index (κ2) is 5.27. The molecule has 6 heteroatoms. The van der Waals surface area contributed by atoms with E-state index in [-0.39, 0.29) is 0 Å². The highest BCUT2D eigenvalue weighted by molar-refractivity contribution is 5.77. The first kappa shape index (κ1) is 13.4. The Morgan fingerprint density at radius 1 is 1.53 bits per heavy atom. The number of carbonyl (C=O) groups excluding carboxylic acids is 1. The van der Waals surface area contributed by atoms with E-state index in [0.29, 0.717) is 24.2 Å². The van der Waals surface area contributed by atoms with Gasteiger partial charge < -0.3 is 20.3 Å². The Morgan fingerprint density at radius 3 is 2.89 bits per heavy atom. The number of fused-ring (bicyclic) bond motifs is 1. The fourth-order valence-electron chi connectivity index (χ4n) is 2.04. The summed E-state index contributed by atoms with van der Waals surface area (Å²) in [7, 11) is 1.28. The third-order valence-electron chi connectivity index (χ3n) is 3.12. The van der Waals surface area contributed by atoms with Crippen molar-refractivity contribution < 1.29 is 24.2 Å². The molecule has 0 aromatic heterocycles. The summed E-state index contributed by atoms with van der Waals surface area (Å²) in [5.74, 6) is -0.958. The van der Waals surface area contributed by atoms with Crippen molar-refractivity contribution in [1.29, 1.82) is 0 Å². The smallest absolute Gasteiger partial charge is 0.344 e. The normalized spacial score (nSPS) is 18.9. The maximum absolute atomic E-state index is 11.4. The van der Waals surface area contributed by atoms with Gasteiger partial charge in [-0.25, -0.2) is 4.79 Å². The molecule has 0 aliphatic carbocycles. The van der Waals surface area contributed by atoms with Gasteiger partial charge in [-0.1, -0.05) is 6.07 Å². The number of hydrogen-bond acceptors (Lipinski definition) is 5. The summed E-state index contributed by atoms with van der Waals surface area (Å²) in [5.41, 5.74) is 7.23. The molecule has 1 heterocycles. The standard InChI is InChI=1S/C13H15NO5/c1-18-13(17)11(14)8-3-4-9-7(6-8)2-5-10(19-9)12(15)16/h3-4,6,10-11H,2,5,14H2,1H3,(H,15,16)/t10-,11?/m0/s1. The molecule has 0 saturated heterocycles. The molecule has 0 saturated carbocycles. The van der Waals surface area contributed by atoms with Crippen molar-refractivity contribution in [2.24, 2.45) is 5.73 Å². The number of aliphatic carboxylic acids is 1. The number of aryl methyl sites for hydroxylation is 1. The predicted molar refractivity (Wildman–Crippen MR) is 65.8 cm³/mol. The van der Waals surface area contributed by atoms with E-state index in [1.54, 1.807) is 18.2 Å². The molecule has 0 amide bonds. The Kier molecular flexibility index (Phi) is 3.71. The number of hydrogen-bond donors (Lipinski definition) is 2. The highest BCUT2D eigenvalue weighted by Gasteiger charge is 2.26. The molecule has 1 aliphatic heterocycles. The van der Waals surface area contributed by atoms with Crippen LogP contribution in [0.15, 0.2) is 18.2 Å². The topological polar surface area (TPSA) is 98.9 Å². The van der Waals surface area contributed by atoms with E-state index in [9.17, 15) is 9.59 Å². The molecule has 1 aromatic rings. The number of nitrogens with two attached hydrogens (primary N) is 1. The van der Waals surface area contributed by atoms with Crippen molar-refractivity contribution in [2.45, 2.75) is 25.0 Å². The fraction of sp³-hybridized carbons (Fsp3) is 0.385. The van der Waals surface area contributed by atoms with Gasteiger partial charge in [0.15, 0.2) is 6.10 Å². The van der Waals surface area contributed by atoms with Crippen LogP contribution in [0.5, 0.6) is 5.75 Å². The largest absolute Gasteiger partial charge is 0.479 e. The monoisotopic (exact) mass is 265 g/mol. The van der Waals surface area contributed by atoms with E-state index in [1.807, 2.05) is 0 Å². The second-order valence-electron chi connectivity index (χ2n) is 4.35. The van der Waals surface area contributed by atoms with Crippen LogP contribution in [0.4, 0.5) is 0 Å². The van der Waals surface area contributed by atoms with Crippen molar-refractivity contribution >= 4 is 11.9 Å². The van der Waals surface area contributed by atoms with Gasteiger partial charge in [0.2, 0.25) is 0 Å². The summed E-state index contributed by atoms with van der Waals surface area (Å²) in [6.45, 7) is 0. The summed E-state index contributed by atoms with van der Waals surface area (Å²) in [5, 5.41) is 8.91. The maximum Gasteiger partial charge on any atom is 0.344 e. The predicted octanol–water partition coefficient (Wildman–Crippen LogP) is 0.638. The molecule has 0 radical (unpaired) electrons. The Bertz CT molecular complexity index is 514. The lowest BCUT2D eigenvalue weighted by Gasteiger charge is -2.24. The number of methoxy groups -OCH3 is 1. The minimum Gasteiger partial charge on any atom is -0.479 e. The van der Waals surface area contributed by atoms with Crippen LogP contribution in [-0.2, 0) is 20.7 Å². The zero-order valence-electron chi connectivity index (χ0n) is 10.5. The molecule has 2 rings (SSSR count). The Hall–Kier alpha value is -2.08. The number of esters is 1. The average molecular weight is 265 g/mol. The molecular weight excluding hydrogens is 250 g/mol. The molecule has 6 nitrogen and oxygen atoms in total. The lowest BCUT2D eigenvalue weighted by Crippen LogP contribution is -2.31. The number of carbonyl (C=O) groups is 2. The zero-order valence-corrected chi connectivity index (χ0v) is 10.5. The van der Waals surface area contributed by atoms with E-state index in [1.165, 1.54) is 7.11 Å². The molecule has 1 aromatic carbocycles. The number of ether oxygens (including phenoxy) is 2. The molecule has 3 N–H and O–H groups in total. The van der Waals surface area contributed by atoms with E-state index in [2.05, 4.69) is 4.74 Å². The lowest BCUT2D eigenvalue weighted by atomic mass is 9.97. The fourth-order valence-corrected chi connectivity index (χ4v) is 2.04. The number of benzene rings is 1. The summed E-state index contributed by atoms with van der Waals surface area (Å²) < 4.78 is 9.94. The first-order valence-corrected chi connectivity index (χ1v) is 5.88. The van der Waals surface area contributed by atoms with Crippen LogP contribution in [0.3, 0.4) is 0 Å². The van der Waals surface area contributed by atoms with Crippen LogP contribution in [0.25, 0.3) is 0 Å². The molecule has 0 bridgehead atoms. The van der Waals surface area contributed by atoms with Crippen LogP contribution in [0.2, 0.25) is 0 Å². The van der Waals surface area contributed by atoms with Gasteiger partial charge >= 0.3 is 11.9 Å². The van der Waals surface area contributed by atoms with Crippen molar-refractivity contribution in [2.75, 3.05) is 7.11 Å². The van der Waals surface area contributed by atoms with Gasteiger partial charge in [-0.15, -0.1) is 0 Å². The second-order valence-corrected chi connectivity index (χ2v) is 4.35. The first-order chi connectivity index (χ1) is 9.02. The van der Waals surface area contributed by atoms with E-state index in [4.69, 9.17) is 15.6 Å². The van der Waals surface area contributed by atoms with Gasteiger partial charge in [0, 0.05) is 0 Å². The van der Waals surface area contributed by atoms with E-state index < -0.39 is 24.1 Å². The number of carboxylic acids is 1. The van der Waals surface area contributed by atoms with E-state index >= 15 is 0 Å².